The summed E-state index contributed by atoms with van der Waals surface area (Å²) in [6.07, 6.45) is 2.07. The normalized spacial score (nSPS) is 11.0. The van der Waals surface area contributed by atoms with Crippen molar-refractivity contribution in [2.75, 3.05) is 0 Å². The molecule has 82 valence electrons. The van der Waals surface area contributed by atoms with E-state index in [1.807, 2.05) is 0 Å². The number of hydrogen-bond acceptors (Lipinski definition) is 0. The molecule has 0 N–H and O–H groups in total. The van der Waals surface area contributed by atoms with Gasteiger partial charge in [0.15, 0.2) is 0 Å². The molecule has 1 heteroatoms. The van der Waals surface area contributed by atoms with Gasteiger partial charge in [0.25, 0.3) is 0 Å². The van der Waals surface area contributed by atoms with Gasteiger partial charge in [0.1, 0.15) is 0 Å². The summed E-state index contributed by atoms with van der Waals surface area (Å²) in [6, 6.07) is 10.5. The number of rotatable bonds is 0. The van der Waals surface area contributed by atoms with E-state index in [9.17, 15) is 0 Å². The minimum atomic E-state index is 0.500. The molecule has 0 bridgehead atoms. The summed E-state index contributed by atoms with van der Waals surface area (Å²) in [4.78, 5) is 0. The Balaban J connectivity index is 0.000000195. The minimum absolute atomic E-state index is 0.500. The largest absolute Gasteiger partial charge is 0.351 e. The maximum Gasteiger partial charge on any atom is 0.0477 e. The van der Waals surface area contributed by atoms with Crippen molar-refractivity contribution in [3.8, 4) is 0 Å². The Morgan fingerprint density at radius 1 is 0.933 bits per heavy atom. The molecule has 15 heavy (non-hydrogen) atoms. The van der Waals surface area contributed by atoms with Crippen LogP contribution in [0.5, 0.6) is 0 Å². The summed E-state index contributed by atoms with van der Waals surface area (Å²) < 4.78 is 2.12. The van der Waals surface area contributed by atoms with E-state index in [2.05, 4.69) is 75.8 Å². The van der Waals surface area contributed by atoms with Crippen LogP contribution in [0, 0.1) is 5.41 Å². The third kappa shape index (κ3) is 4.20. The molecule has 0 aliphatic carbocycles. The molecule has 0 spiro atoms. The fourth-order valence-electron chi connectivity index (χ4n) is 1.22. The average Bonchev–Trinajstić information content (AvgIpc) is 2.46. The summed E-state index contributed by atoms with van der Waals surface area (Å²) in [5, 5.41) is 1.31. The van der Waals surface area contributed by atoms with Gasteiger partial charge in [0.05, 0.1) is 0 Å². The van der Waals surface area contributed by atoms with E-state index in [0.717, 1.165) is 0 Å². The first-order chi connectivity index (χ1) is 6.88. The number of benzene rings is 1. The van der Waals surface area contributed by atoms with E-state index in [1.165, 1.54) is 10.9 Å². The highest BCUT2D eigenvalue weighted by atomic mass is 14.9. The van der Waals surface area contributed by atoms with Gasteiger partial charge in [-0.05, 0) is 22.9 Å². The smallest absolute Gasteiger partial charge is 0.0477 e. The zero-order valence-corrected chi connectivity index (χ0v) is 10.4. The van der Waals surface area contributed by atoms with Gasteiger partial charge in [-0.15, -0.1) is 0 Å². The van der Waals surface area contributed by atoms with Crippen LogP contribution in [0.25, 0.3) is 10.9 Å². The van der Waals surface area contributed by atoms with Crippen molar-refractivity contribution in [3.05, 3.63) is 36.5 Å². The van der Waals surface area contributed by atoms with Gasteiger partial charge in [-0.3, -0.25) is 0 Å². The first-order valence-corrected chi connectivity index (χ1v) is 5.38. The Labute approximate surface area is 92.7 Å². The molecule has 2 rings (SSSR count). The van der Waals surface area contributed by atoms with E-state index in [0.29, 0.717) is 5.41 Å². The number of fused-ring (bicyclic) bond motifs is 1. The highest BCUT2D eigenvalue weighted by Gasteiger charge is 1.95. The molecule has 0 saturated heterocycles. The lowest BCUT2D eigenvalue weighted by atomic mass is 10.0. The van der Waals surface area contributed by atoms with Crippen LogP contribution in [0.2, 0.25) is 0 Å². The molecule has 2 aromatic rings. The van der Waals surface area contributed by atoms with E-state index in [4.69, 9.17) is 0 Å². The van der Waals surface area contributed by atoms with Crippen LogP contribution in [-0.4, -0.2) is 4.57 Å². The molecule has 1 aromatic heterocycles. The third-order valence-electron chi connectivity index (χ3n) is 1.79. The predicted molar refractivity (Wildman–Crippen MR) is 68.0 cm³/mol. The zero-order valence-electron chi connectivity index (χ0n) is 10.4. The molecule has 0 unspecified atom stereocenters. The van der Waals surface area contributed by atoms with Crippen LogP contribution in [-0.2, 0) is 7.05 Å². The summed E-state index contributed by atoms with van der Waals surface area (Å²) in [5.41, 5.74) is 1.79. The van der Waals surface area contributed by atoms with Crippen molar-refractivity contribution >= 4 is 10.9 Å². The highest BCUT2D eigenvalue weighted by molar-refractivity contribution is 5.79. The van der Waals surface area contributed by atoms with Crippen molar-refractivity contribution in [3.63, 3.8) is 0 Å². The lowest BCUT2D eigenvalue weighted by Crippen LogP contribution is -1.93. The monoisotopic (exact) mass is 203 g/mol. The second-order valence-corrected chi connectivity index (χ2v) is 5.49. The second kappa shape index (κ2) is 4.52. The van der Waals surface area contributed by atoms with Crippen molar-refractivity contribution < 1.29 is 0 Å². The molecular weight excluding hydrogens is 182 g/mol. The molecule has 0 atom stereocenters. The Morgan fingerprint density at radius 2 is 1.47 bits per heavy atom. The van der Waals surface area contributed by atoms with E-state index in [-0.39, 0.29) is 0 Å². The van der Waals surface area contributed by atoms with Crippen LogP contribution in [0.1, 0.15) is 27.7 Å². The maximum absolute atomic E-state index is 2.19. The number of hydrogen-bond donors (Lipinski definition) is 0. The summed E-state index contributed by atoms with van der Waals surface area (Å²) in [5.74, 6) is 0. The molecular formula is C14H21N. The lowest BCUT2D eigenvalue weighted by Gasteiger charge is -2.05. The highest BCUT2D eigenvalue weighted by Crippen LogP contribution is 2.12. The summed E-state index contributed by atoms with van der Waals surface area (Å²) in [7, 11) is 2.06. The lowest BCUT2D eigenvalue weighted by molar-refractivity contribution is 0.469. The Morgan fingerprint density at radius 3 is 2.00 bits per heavy atom. The van der Waals surface area contributed by atoms with Crippen LogP contribution in [0.4, 0.5) is 0 Å². The second-order valence-electron chi connectivity index (χ2n) is 5.49. The predicted octanol–water partition coefficient (Wildman–Crippen LogP) is 4.23. The van der Waals surface area contributed by atoms with Crippen molar-refractivity contribution in [2.45, 2.75) is 27.7 Å². The van der Waals surface area contributed by atoms with Crippen molar-refractivity contribution in [1.29, 1.82) is 0 Å². The van der Waals surface area contributed by atoms with E-state index < -0.39 is 0 Å². The van der Waals surface area contributed by atoms with Crippen LogP contribution >= 0.6 is 0 Å². The van der Waals surface area contributed by atoms with Crippen LogP contribution in [0.15, 0.2) is 36.5 Å². The molecule has 0 fully saturated rings. The van der Waals surface area contributed by atoms with E-state index in [1.54, 1.807) is 0 Å². The Hall–Kier alpha value is -1.24. The number of aryl methyl sites for hydroxylation is 1. The topological polar surface area (TPSA) is 4.93 Å². The first kappa shape index (κ1) is 11.8. The SMILES string of the molecule is CC(C)(C)C.Cn1ccc2ccccc21. The molecule has 0 saturated carbocycles. The van der Waals surface area contributed by atoms with Gasteiger partial charge in [-0.1, -0.05) is 45.9 Å². The quantitative estimate of drug-likeness (QED) is 0.604. The Bertz CT molecular complexity index is 412. The number of aromatic nitrogens is 1. The fourth-order valence-corrected chi connectivity index (χ4v) is 1.22. The number of nitrogens with zero attached hydrogens (tertiary/aromatic N) is 1. The van der Waals surface area contributed by atoms with Gasteiger partial charge in [0, 0.05) is 18.8 Å². The molecule has 0 amide bonds. The average molecular weight is 203 g/mol. The van der Waals surface area contributed by atoms with Gasteiger partial charge in [0.2, 0.25) is 0 Å². The van der Waals surface area contributed by atoms with Crippen LogP contribution < -0.4 is 0 Å². The third-order valence-corrected chi connectivity index (χ3v) is 1.79. The molecule has 1 aromatic carbocycles. The molecule has 1 heterocycles. The molecule has 0 radical (unpaired) electrons. The van der Waals surface area contributed by atoms with Gasteiger partial charge >= 0.3 is 0 Å². The first-order valence-electron chi connectivity index (χ1n) is 5.38. The maximum atomic E-state index is 2.19. The standard InChI is InChI=1S/C9H9N.C5H12/c1-10-7-6-8-4-2-3-5-9(8)10;1-5(2,3)4/h2-7H,1H3;1-4H3. The Kier molecular flexibility index (Phi) is 3.57. The van der Waals surface area contributed by atoms with Gasteiger partial charge in [-0.2, -0.15) is 0 Å². The number of para-hydroxylation sites is 1. The molecule has 0 aliphatic rings. The van der Waals surface area contributed by atoms with Gasteiger partial charge < -0.3 is 4.57 Å². The minimum Gasteiger partial charge on any atom is -0.351 e. The molecule has 0 aliphatic heterocycles. The van der Waals surface area contributed by atoms with Crippen LogP contribution in [0.3, 0.4) is 0 Å². The zero-order chi connectivity index (χ0) is 11.5. The van der Waals surface area contributed by atoms with E-state index >= 15 is 0 Å². The van der Waals surface area contributed by atoms with Gasteiger partial charge in [-0.25, -0.2) is 0 Å². The fraction of sp³-hybridized carbons (Fsp3) is 0.429. The van der Waals surface area contributed by atoms with Crippen molar-refractivity contribution in [1.82, 2.24) is 4.57 Å². The summed E-state index contributed by atoms with van der Waals surface area (Å²) in [6.45, 7) is 8.75. The molecule has 1 nitrogen and oxygen atoms in total. The van der Waals surface area contributed by atoms with Crippen molar-refractivity contribution in [2.24, 2.45) is 12.5 Å². The summed E-state index contributed by atoms with van der Waals surface area (Å²) >= 11 is 0.